The smallest absolute Gasteiger partial charge is 0.228 e. The lowest BCUT2D eigenvalue weighted by Crippen LogP contribution is -2.30. The number of hydrogen-bond donors (Lipinski definition) is 1. The molecule has 22 heavy (non-hydrogen) atoms. The van der Waals surface area contributed by atoms with Gasteiger partial charge in [0.25, 0.3) is 0 Å². The number of imidazole rings is 1. The maximum Gasteiger partial charge on any atom is 0.228 e. The molecule has 0 spiro atoms. The first kappa shape index (κ1) is 13.1. The number of carbonyl (C=O) groups excluding carboxylic acids is 1. The molecular formula is C18H17N3O. The lowest BCUT2D eigenvalue weighted by molar-refractivity contribution is -0.120. The molecule has 1 unspecified atom stereocenters. The van der Waals surface area contributed by atoms with Crippen LogP contribution in [0.2, 0.25) is 0 Å². The highest BCUT2D eigenvalue weighted by Gasteiger charge is 2.25. The molecule has 3 aromatic rings. The van der Waals surface area contributed by atoms with Crippen LogP contribution in [-0.2, 0) is 17.8 Å². The van der Waals surface area contributed by atoms with E-state index in [2.05, 4.69) is 27.0 Å². The van der Waals surface area contributed by atoms with Crippen molar-refractivity contribution in [3.8, 4) is 0 Å². The van der Waals surface area contributed by atoms with Gasteiger partial charge >= 0.3 is 0 Å². The third-order valence-electron chi connectivity index (χ3n) is 4.37. The van der Waals surface area contributed by atoms with E-state index in [0.29, 0.717) is 6.42 Å². The molecule has 4 rings (SSSR count). The number of anilines is 1. The summed E-state index contributed by atoms with van der Waals surface area (Å²) >= 11 is 0. The lowest BCUT2D eigenvalue weighted by atomic mass is 9.96. The van der Waals surface area contributed by atoms with Crippen LogP contribution in [-0.4, -0.2) is 15.5 Å². The quantitative estimate of drug-likeness (QED) is 0.788. The Labute approximate surface area is 128 Å². The van der Waals surface area contributed by atoms with Gasteiger partial charge < -0.3 is 9.88 Å². The summed E-state index contributed by atoms with van der Waals surface area (Å²) < 4.78 is 2.13. The zero-order valence-corrected chi connectivity index (χ0v) is 12.2. The third kappa shape index (κ3) is 2.26. The Morgan fingerprint density at radius 3 is 3.00 bits per heavy atom. The summed E-state index contributed by atoms with van der Waals surface area (Å²) in [5, 5.41) is 5.32. The van der Waals surface area contributed by atoms with E-state index in [9.17, 15) is 4.79 Å². The van der Waals surface area contributed by atoms with E-state index in [0.717, 1.165) is 35.2 Å². The fraction of sp³-hybridized carbons (Fsp3) is 0.222. The van der Waals surface area contributed by atoms with Crippen molar-refractivity contribution >= 4 is 22.4 Å². The highest BCUT2D eigenvalue weighted by Crippen LogP contribution is 2.25. The summed E-state index contributed by atoms with van der Waals surface area (Å²) in [6.45, 7) is 0.864. The Morgan fingerprint density at radius 2 is 2.05 bits per heavy atom. The topological polar surface area (TPSA) is 46.9 Å². The van der Waals surface area contributed by atoms with Crippen LogP contribution >= 0.6 is 0 Å². The highest BCUT2D eigenvalue weighted by atomic mass is 16.1. The first-order valence-corrected chi connectivity index (χ1v) is 7.60. The van der Waals surface area contributed by atoms with E-state index in [1.54, 1.807) is 6.20 Å². The van der Waals surface area contributed by atoms with Gasteiger partial charge in [-0.25, -0.2) is 4.98 Å². The Hall–Kier alpha value is -2.62. The summed E-state index contributed by atoms with van der Waals surface area (Å²) in [5.74, 6) is 1.09. The molecule has 0 saturated carbocycles. The van der Waals surface area contributed by atoms with Gasteiger partial charge in [0.2, 0.25) is 5.91 Å². The zero-order chi connectivity index (χ0) is 14.9. The molecule has 1 atom stereocenters. The van der Waals surface area contributed by atoms with E-state index in [4.69, 9.17) is 0 Å². The molecule has 0 radical (unpaired) electrons. The van der Waals surface area contributed by atoms with Crippen LogP contribution in [0.5, 0.6) is 0 Å². The Balaban J connectivity index is 1.57. The summed E-state index contributed by atoms with van der Waals surface area (Å²) in [5.41, 5.74) is 0.886. The standard InChI is InChI=1S/C18H17N3O/c22-18(14-8-10-21-11-9-19-17(21)12-14)20-16-7-3-5-13-4-1-2-6-15(13)16/h1-7,9,11,14H,8,10,12H2,(H,20,22). The van der Waals surface area contributed by atoms with Gasteiger partial charge in [-0.2, -0.15) is 0 Å². The van der Waals surface area contributed by atoms with Gasteiger partial charge in [0, 0.05) is 42.4 Å². The number of aromatic nitrogens is 2. The van der Waals surface area contributed by atoms with E-state index >= 15 is 0 Å². The van der Waals surface area contributed by atoms with Crippen molar-refractivity contribution in [3.05, 3.63) is 60.7 Å². The van der Waals surface area contributed by atoms with Gasteiger partial charge in [0.1, 0.15) is 5.82 Å². The molecule has 1 aliphatic rings. The third-order valence-corrected chi connectivity index (χ3v) is 4.37. The molecule has 1 N–H and O–H groups in total. The lowest BCUT2D eigenvalue weighted by Gasteiger charge is -2.22. The Morgan fingerprint density at radius 1 is 1.18 bits per heavy atom. The van der Waals surface area contributed by atoms with E-state index < -0.39 is 0 Å². The number of nitrogens with zero attached hydrogens (tertiary/aromatic N) is 2. The SMILES string of the molecule is O=C(Nc1cccc2ccccc12)C1CCn2ccnc2C1. The number of rotatable bonds is 2. The van der Waals surface area contributed by atoms with Gasteiger partial charge in [0.15, 0.2) is 0 Å². The fourth-order valence-electron chi connectivity index (χ4n) is 3.14. The van der Waals surface area contributed by atoms with Crippen LogP contribution in [0.4, 0.5) is 5.69 Å². The van der Waals surface area contributed by atoms with Crippen LogP contribution < -0.4 is 5.32 Å². The van der Waals surface area contributed by atoms with Crippen molar-refractivity contribution < 1.29 is 4.79 Å². The summed E-state index contributed by atoms with van der Waals surface area (Å²) in [6, 6.07) is 14.1. The van der Waals surface area contributed by atoms with Crippen molar-refractivity contribution in [2.24, 2.45) is 5.92 Å². The molecule has 0 bridgehead atoms. The van der Waals surface area contributed by atoms with E-state index in [-0.39, 0.29) is 11.8 Å². The largest absolute Gasteiger partial charge is 0.335 e. The maximum absolute atomic E-state index is 12.6. The highest BCUT2D eigenvalue weighted by molar-refractivity contribution is 6.02. The minimum atomic E-state index is -0.00568. The predicted octanol–water partition coefficient (Wildman–Crippen LogP) is 3.24. The van der Waals surface area contributed by atoms with Crippen LogP contribution in [0.25, 0.3) is 10.8 Å². The normalized spacial score (nSPS) is 17.2. The molecule has 4 heteroatoms. The predicted molar refractivity (Wildman–Crippen MR) is 86.6 cm³/mol. The number of fused-ring (bicyclic) bond motifs is 2. The average molecular weight is 291 g/mol. The molecule has 2 heterocycles. The van der Waals surface area contributed by atoms with Crippen LogP contribution in [0.3, 0.4) is 0 Å². The second kappa shape index (κ2) is 5.30. The molecule has 0 saturated heterocycles. The van der Waals surface area contributed by atoms with Crippen molar-refractivity contribution in [2.75, 3.05) is 5.32 Å². The van der Waals surface area contributed by atoms with Gasteiger partial charge in [-0.3, -0.25) is 4.79 Å². The minimum absolute atomic E-state index is 0.00568. The first-order valence-electron chi connectivity index (χ1n) is 7.60. The summed E-state index contributed by atoms with van der Waals surface area (Å²) in [4.78, 5) is 16.9. The van der Waals surface area contributed by atoms with Crippen LogP contribution in [0.1, 0.15) is 12.2 Å². The number of hydrogen-bond acceptors (Lipinski definition) is 2. The minimum Gasteiger partial charge on any atom is -0.335 e. The zero-order valence-electron chi connectivity index (χ0n) is 12.2. The van der Waals surface area contributed by atoms with Gasteiger partial charge in [-0.05, 0) is 17.9 Å². The number of nitrogens with one attached hydrogen (secondary N) is 1. The second-order valence-electron chi connectivity index (χ2n) is 5.74. The van der Waals surface area contributed by atoms with Crippen molar-refractivity contribution in [3.63, 3.8) is 0 Å². The van der Waals surface area contributed by atoms with Crippen LogP contribution in [0, 0.1) is 5.92 Å². The summed E-state index contributed by atoms with van der Waals surface area (Å²) in [7, 11) is 0. The number of carbonyl (C=O) groups is 1. The van der Waals surface area contributed by atoms with Crippen molar-refractivity contribution in [2.45, 2.75) is 19.4 Å². The van der Waals surface area contributed by atoms with Crippen LogP contribution in [0.15, 0.2) is 54.9 Å². The molecule has 1 aromatic heterocycles. The Bertz CT molecular complexity index is 832. The monoisotopic (exact) mass is 291 g/mol. The molecule has 1 aliphatic heterocycles. The average Bonchev–Trinajstić information content (AvgIpc) is 3.02. The van der Waals surface area contributed by atoms with Gasteiger partial charge in [-0.1, -0.05) is 36.4 Å². The molecule has 1 amide bonds. The Kier molecular flexibility index (Phi) is 3.15. The molecule has 110 valence electrons. The first-order chi connectivity index (χ1) is 10.8. The molecule has 4 nitrogen and oxygen atoms in total. The van der Waals surface area contributed by atoms with E-state index in [1.807, 2.05) is 36.5 Å². The number of benzene rings is 2. The second-order valence-corrected chi connectivity index (χ2v) is 5.74. The molecule has 0 fully saturated rings. The number of aryl methyl sites for hydroxylation is 1. The maximum atomic E-state index is 12.6. The summed E-state index contributed by atoms with van der Waals surface area (Å²) in [6.07, 6.45) is 5.36. The number of amides is 1. The van der Waals surface area contributed by atoms with E-state index in [1.165, 1.54) is 0 Å². The molecule has 2 aromatic carbocycles. The van der Waals surface area contributed by atoms with Gasteiger partial charge in [0.05, 0.1) is 0 Å². The van der Waals surface area contributed by atoms with Crippen molar-refractivity contribution in [1.82, 2.24) is 9.55 Å². The van der Waals surface area contributed by atoms with Crippen molar-refractivity contribution in [1.29, 1.82) is 0 Å². The fourth-order valence-corrected chi connectivity index (χ4v) is 3.14. The molecule has 0 aliphatic carbocycles. The molecular weight excluding hydrogens is 274 g/mol. The van der Waals surface area contributed by atoms with Gasteiger partial charge in [-0.15, -0.1) is 0 Å².